The van der Waals surface area contributed by atoms with Crippen molar-refractivity contribution >= 4 is 11.7 Å². The Kier molecular flexibility index (Phi) is 5.66. The van der Waals surface area contributed by atoms with E-state index in [0.29, 0.717) is 37.6 Å². The average molecular weight is 446 g/mol. The quantitative estimate of drug-likeness (QED) is 0.552. The van der Waals surface area contributed by atoms with Crippen LogP contribution >= 0.6 is 0 Å². The molecule has 32 heavy (non-hydrogen) atoms. The third-order valence-electron chi connectivity index (χ3n) is 5.71. The zero-order valence-corrected chi connectivity index (χ0v) is 17.7. The van der Waals surface area contributed by atoms with E-state index in [9.17, 15) is 22.4 Å². The van der Waals surface area contributed by atoms with Gasteiger partial charge in [-0.25, -0.2) is 9.37 Å². The number of aromatic nitrogens is 2. The molecule has 2 aromatic heterocycles. The number of benzene rings is 1. The molecular formula is C23H22F4N4O. The molecule has 0 unspecified atom stereocenters. The number of rotatable bonds is 3. The van der Waals surface area contributed by atoms with Crippen molar-refractivity contribution in [3.63, 3.8) is 0 Å². The monoisotopic (exact) mass is 446 g/mol. The molecule has 3 heterocycles. The maximum Gasteiger partial charge on any atom is 0.417 e. The first-order valence-corrected chi connectivity index (χ1v) is 10.2. The van der Waals surface area contributed by atoms with Crippen LogP contribution < -0.4 is 4.90 Å². The minimum absolute atomic E-state index is 0.105. The molecule has 0 N–H and O–H groups in total. The molecule has 0 radical (unpaired) electrons. The Balaban J connectivity index is 1.46. The zero-order chi connectivity index (χ0) is 23.0. The van der Waals surface area contributed by atoms with E-state index >= 15 is 0 Å². The summed E-state index contributed by atoms with van der Waals surface area (Å²) < 4.78 is 53.4. The van der Waals surface area contributed by atoms with Gasteiger partial charge >= 0.3 is 6.18 Å². The highest BCUT2D eigenvalue weighted by molar-refractivity contribution is 5.96. The predicted molar refractivity (Wildman–Crippen MR) is 113 cm³/mol. The van der Waals surface area contributed by atoms with Crippen LogP contribution in [-0.4, -0.2) is 46.5 Å². The summed E-state index contributed by atoms with van der Waals surface area (Å²) in [5.74, 6) is 0.0268. The number of alkyl halides is 3. The van der Waals surface area contributed by atoms with Gasteiger partial charge in [-0.3, -0.25) is 4.79 Å². The lowest BCUT2D eigenvalue weighted by Crippen LogP contribution is -2.49. The lowest BCUT2D eigenvalue weighted by atomic mass is 10.2. The Morgan fingerprint density at radius 1 is 0.969 bits per heavy atom. The number of halogens is 4. The van der Waals surface area contributed by atoms with Gasteiger partial charge in [0.1, 0.15) is 11.6 Å². The minimum atomic E-state index is -4.42. The Morgan fingerprint density at radius 3 is 2.19 bits per heavy atom. The highest BCUT2D eigenvalue weighted by Crippen LogP contribution is 2.29. The van der Waals surface area contributed by atoms with E-state index in [1.807, 2.05) is 29.4 Å². The fourth-order valence-electron chi connectivity index (χ4n) is 4.02. The number of aryl methyl sites for hydroxylation is 1. The second-order valence-electron chi connectivity index (χ2n) is 7.78. The number of piperazine rings is 1. The molecular weight excluding hydrogens is 424 g/mol. The van der Waals surface area contributed by atoms with Gasteiger partial charge in [-0.05, 0) is 56.3 Å². The highest BCUT2D eigenvalue weighted by atomic mass is 19.4. The van der Waals surface area contributed by atoms with E-state index in [-0.39, 0.29) is 11.7 Å². The number of carbonyl (C=O) groups is 1. The van der Waals surface area contributed by atoms with Gasteiger partial charge in [0, 0.05) is 49.5 Å². The summed E-state index contributed by atoms with van der Waals surface area (Å²) in [6, 6.07) is 10.3. The predicted octanol–water partition coefficient (Wildman–Crippen LogP) is 4.61. The maximum absolute atomic E-state index is 13.3. The van der Waals surface area contributed by atoms with Gasteiger partial charge in [0.05, 0.1) is 11.1 Å². The summed E-state index contributed by atoms with van der Waals surface area (Å²) in [6.45, 7) is 5.55. The normalized spacial score (nSPS) is 14.7. The van der Waals surface area contributed by atoms with Crippen molar-refractivity contribution in [2.75, 3.05) is 31.1 Å². The zero-order valence-electron chi connectivity index (χ0n) is 17.7. The Labute approximate surface area is 182 Å². The van der Waals surface area contributed by atoms with Crippen molar-refractivity contribution in [2.24, 2.45) is 0 Å². The minimum Gasteiger partial charge on any atom is -0.353 e. The second kappa shape index (κ2) is 8.29. The largest absolute Gasteiger partial charge is 0.417 e. The van der Waals surface area contributed by atoms with Crippen molar-refractivity contribution in [3.05, 3.63) is 77.0 Å². The molecule has 1 saturated heterocycles. The smallest absolute Gasteiger partial charge is 0.353 e. The fraction of sp³-hybridized carbons (Fsp3) is 0.304. The molecule has 5 nitrogen and oxygen atoms in total. The lowest BCUT2D eigenvalue weighted by Gasteiger charge is -2.35. The molecule has 9 heteroatoms. The maximum atomic E-state index is 13.3. The number of pyridine rings is 1. The molecule has 1 aromatic carbocycles. The summed E-state index contributed by atoms with van der Waals surface area (Å²) in [4.78, 5) is 20.7. The van der Waals surface area contributed by atoms with E-state index in [1.54, 1.807) is 17.0 Å². The van der Waals surface area contributed by atoms with Crippen LogP contribution in [-0.2, 0) is 6.18 Å². The third-order valence-corrected chi connectivity index (χ3v) is 5.71. The first kappa shape index (κ1) is 21.9. The molecule has 168 valence electrons. The Hall–Kier alpha value is -3.36. The van der Waals surface area contributed by atoms with Crippen LogP contribution in [0.15, 0.2) is 48.7 Å². The molecule has 1 amide bonds. The molecule has 0 spiro atoms. The molecule has 1 fully saturated rings. The first-order valence-electron chi connectivity index (χ1n) is 10.2. The molecule has 0 bridgehead atoms. The van der Waals surface area contributed by atoms with Crippen molar-refractivity contribution in [1.29, 1.82) is 0 Å². The SMILES string of the molecule is Cc1cc(C(=O)N2CCN(c3ccc(C(F)(F)F)cn3)CC2)c(C)n1-c1ccc(F)cc1. The highest BCUT2D eigenvalue weighted by Gasteiger charge is 2.31. The van der Waals surface area contributed by atoms with Gasteiger partial charge in [0.25, 0.3) is 5.91 Å². The topological polar surface area (TPSA) is 41.4 Å². The Bertz CT molecular complexity index is 1110. The summed E-state index contributed by atoms with van der Waals surface area (Å²) in [5.41, 5.74) is 2.20. The standard InChI is InChI=1S/C23H22F4N4O/c1-15-13-20(16(2)31(15)19-6-4-18(24)5-7-19)22(32)30-11-9-29(10-12-30)21-8-3-17(14-28-21)23(25,26)27/h3-8,13-14H,9-12H2,1-2H3. The van der Waals surface area contributed by atoms with Gasteiger partial charge in [-0.15, -0.1) is 0 Å². The Morgan fingerprint density at radius 2 is 1.62 bits per heavy atom. The fourth-order valence-corrected chi connectivity index (χ4v) is 4.02. The number of carbonyl (C=O) groups excluding carboxylic acids is 1. The van der Waals surface area contributed by atoms with Crippen LogP contribution in [0.25, 0.3) is 5.69 Å². The molecule has 0 aliphatic carbocycles. The summed E-state index contributed by atoms with van der Waals surface area (Å²) >= 11 is 0. The van der Waals surface area contributed by atoms with Crippen LogP contribution in [0.4, 0.5) is 23.4 Å². The first-order chi connectivity index (χ1) is 15.1. The average Bonchev–Trinajstić information content (AvgIpc) is 3.07. The van der Waals surface area contributed by atoms with E-state index < -0.39 is 11.7 Å². The van der Waals surface area contributed by atoms with Crippen LogP contribution in [0.5, 0.6) is 0 Å². The summed E-state index contributed by atoms with van der Waals surface area (Å²) in [5, 5.41) is 0. The molecule has 1 aliphatic rings. The summed E-state index contributed by atoms with van der Waals surface area (Å²) in [7, 11) is 0. The number of nitrogens with zero attached hydrogens (tertiary/aromatic N) is 4. The van der Waals surface area contributed by atoms with E-state index in [1.165, 1.54) is 18.2 Å². The van der Waals surface area contributed by atoms with Gasteiger partial charge in [-0.1, -0.05) is 0 Å². The van der Waals surface area contributed by atoms with Crippen LogP contribution in [0.3, 0.4) is 0 Å². The van der Waals surface area contributed by atoms with Crippen LogP contribution in [0.1, 0.15) is 27.3 Å². The van der Waals surface area contributed by atoms with Crippen LogP contribution in [0, 0.1) is 19.7 Å². The molecule has 0 atom stereocenters. The van der Waals surface area contributed by atoms with Gasteiger partial charge < -0.3 is 14.4 Å². The van der Waals surface area contributed by atoms with Crippen molar-refractivity contribution in [3.8, 4) is 5.69 Å². The van der Waals surface area contributed by atoms with Crippen molar-refractivity contribution < 1.29 is 22.4 Å². The van der Waals surface area contributed by atoms with E-state index in [0.717, 1.165) is 29.3 Å². The van der Waals surface area contributed by atoms with Gasteiger partial charge in [0.2, 0.25) is 0 Å². The van der Waals surface area contributed by atoms with Gasteiger partial charge in [0.15, 0.2) is 0 Å². The summed E-state index contributed by atoms with van der Waals surface area (Å²) in [6.07, 6.45) is -3.59. The van der Waals surface area contributed by atoms with Crippen molar-refractivity contribution in [1.82, 2.24) is 14.5 Å². The molecule has 3 aromatic rings. The van der Waals surface area contributed by atoms with Crippen LogP contribution in [0.2, 0.25) is 0 Å². The molecule has 4 rings (SSSR count). The number of anilines is 1. The second-order valence-corrected chi connectivity index (χ2v) is 7.78. The molecule has 1 aliphatic heterocycles. The number of hydrogen-bond donors (Lipinski definition) is 0. The van der Waals surface area contributed by atoms with E-state index in [2.05, 4.69) is 4.98 Å². The number of hydrogen-bond acceptors (Lipinski definition) is 3. The molecule has 0 saturated carbocycles. The van der Waals surface area contributed by atoms with E-state index in [4.69, 9.17) is 0 Å². The lowest BCUT2D eigenvalue weighted by molar-refractivity contribution is -0.137. The van der Waals surface area contributed by atoms with Crippen molar-refractivity contribution in [2.45, 2.75) is 20.0 Å². The third kappa shape index (κ3) is 4.19. The van der Waals surface area contributed by atoms with Gasteiger partial charge in [-0.2, -0.15) is 13.2 Å². The number of amides is 1.